The predicted molar refractivity (Wildman–Crippen MR) is 93.3 cm³/mol. The maximum Gasteiger partial charge on any atom is 0.251 e. The van der Waals surface area contributed by atoms with Gasteiger partial charge in [-0.2, -0.15) is 0 Å². The Bertz CT molecular complexity index is 702. The molecule has 0 bridgehead atoms. The summed E-state index contributed by atoms with van der Waals surface area (Å²) in [5, 5.41) is 3.01. The topological polar surface area (TPSA) is 56.2 Å². The van der Waals surface area contributed by atoms with Crippen molar-refractivity contribution in [3.05, 3.63) is 53.1 Å². The van der Waals surface area contributed by atoms with Gasteiger partial charge in [0.1, 0.15) is 5.82 Å². The number of aryl methyl sites for hydroxylation is 2. The Morgan fingerprint density at radius 3 is 2.88 bits per heavy atom. The van der Waals surface area contributed by atoms with Gasteiger partial charge in [-0.25, -0.2) is 4.98 Å². The molecular weight excluding hydrogens is 302 g/mol. The highest BCUT2D eigenvalue weighted by molar-refractivity contribution is 5.94. The summed E-state index contributed by atoms with van der Waals surface area (Å²) in [7, 11) is 0. The molecule has 1 saturated heterocycles. The zero-order valence-electron chi connectivity index (χ0n) is 14.4. The lowest BCUT2D eigenvalue weighted by Crippen LogP contribution is -2.28. The third kappa shape index (κ3) is 3.85. The van der Waals surface area contributed by atoms with Crippen LogP contribution in [0.15, 0.2) is 30.5 Å². The fraction of sp³-hybridized carbons (Fsp3) is 0.474. The van der Waals surface area contributed by atoms with Gasteiger partial charge in [0.25, 0.3) is 5.91 Å². The van der Waals surface area contributed by atoms with E-state index in [1.165, 1.54) is 0 Å². The monoisotopic (exact) mass is 327 g/mol. The first-order chi connectivity index (χ1) is 11.6. The normalized spacial score (nSPS) is 15.4. The molecule has 1 aliphatic heterocycles. The van der Waals surface area contributed by atoms with Crippen molar-refractivity contribution in [2.75, 3.05) is 19.8 Å². The van der Waals surface area contributed by atoms with Crippen molar-refractivity contribution in [3.63, 3.8) is 0 Å². The van der Waals surface area contributed by atoms with Crippen LogP contribution in [-0.4, -0.2) is 35.2 Å². The van der Waals surface area contributed by atoms with Gasteiger partial charge in [0.2, 0.25) is 0 Å². The number of hydrogen-bond acceptors (Lipinski definition) is 3. The highest BCUT2D eigenvalue weighted by Gasteiger charge is 2.21. The third-order valence-electron chi connectivity index (χ3n) is 4.57. The molecule has 24 heavy (non-hydrogen) atoms. The van der Waals surface area contributed by atoms with E-state index in [4.69, 9.17) is 4.74 Å². The van der Waals surface area contributed by atoms with Crippen LogP contribution in [0.25, 0.3) is 0 Å². The van der Waals surface area contributed by atoms with E-state index in [1.54, 1.807) is 0 Å². The quantitative estimate of drug-likeness (QED) is 0.919. The molecule has 0 radical (unpaired) electrons. The first-order valence-electron chi connectivity index (χ1n) is 8.60. The fourth-order valence-electron chi connectivity index (χ4n) is 3.22. The number of carbonyl (C=O) groups is 1. The van der Waals surface area contributed by atoms with Crippen molar-refractivity contribution in [1.82, 2.24) is 14.9 Å². The number of carbonyl (C=O) groups excluding carboxylic acids is 1. The minimum atomic E-state index is -0.0240. The van der Waals surface area contributed by atoms with Crippen molar-refractivity contribution < 1.29 is 9.53 Å². The highest BCUT2D eigenvalue weighted by atomic mass is 16.5. The van der Waals surface area contributed by atoms with Crippen molar-refractivity contribution >= 4 is 5.91 Å². The molecule has 2 aromatic rings. The second kappa shape index (κ2) is 7.62. The summed E-state index contributed by atoms with van der Waals surface area (Å²) >= 11 is 0. The zero-order valence-corrected chi connectivity index (χ0v) is 14.4. The Kier molecular flexibility index (Phi) is 5.30. The SMILES string of the molecule is Cc1cccc(C(=O)NCCn2c(C)cnc2C2CCOCC2)c1. The van der Waals surface area contributed by atoms with Crippen LogP contribution < -0.4 is 5.32 Å². The number of nitrogens with one attached hydrogen (secondary N) is 1. The van der Waals surface area contributed by atoms with Crippen LogP contribution in [0.1, 0.15) is 46.2 Å². The minimum Gasteiger partial charge on any atom is -0.381 e. The second-order valence-corrected chi connectivity index (χ2v) is 6.42. The molecule has 2 heterocycles. The Morgan fingerprint density at radius 2 is 2.12 bits per heavy atom. The van der Waals surface area contributed by atoms with Gasteiger partial charge < -0.3 is 14.6 Å². The van der Waals surface area contributed by atoms with Crippen LogP contribution in [0.4, 0.5) is 0 Å². The molecule has 1 amide bonds. The van der Waals surface area contributed by atoms with E-state index in [1.807, 2.05) is 37.4 Å². The Balaban J connectivity index is 1.60. The molecule has 0 atom stereocenters. The Labute approximate surface area is 143 Å². The number of aromatic nitrogens is 2. The molecule has 5 heteroatoms. The standard InChI is InChI=1S/C19H25N3O2/c1-14-4-3-5-17(12-14)19(23)20-8-9-22-15(2)13-21-18(22)16-6-10-24-11-7-16/h3-5,12-13,16H,6-11H2,1-2H3,(H,20,23). The van der Waals surface area contributed by atoms with Gasteiger partial charge in [-0.15, -0.1) is 0 Å². The largest absolute Gasteiger partial charge is 0.381 e. The van der Waals surface area contributed by atoms with Gasteiger partial charge in [-0.1, -0.05) is 17.7 Å². The number of rotatable bonds is 5. The summed E-state index contributed by atoms with van der Waals surface area (Å²) < 4.78 is 7.67. The first kappa shape index (κ1) is 16.7. The van der Waals surface area contributed by atoms with Crippen LogP contribution in [-0.2, 0) is 11.3 Å². The first-order valence-corrected chi connectivity index (χ1v) is 8.60. The minimum absolute atomic E-state index is 0.0240. The highest BCUT2D eigenvalue weighted by Crippen LogP contribution is 2.26. The van der Waals surface area contributed by atoms with Crippen LogP contribution in [0.2, 0.25) is 0 Å². The molecular formula is C19H25N3O2. The molecule has 1 aromatic heterocycles. The summed E-state index contributed by atoms with van der Waals surface area (Å²) in [6, 6.07) is 7.66. The molecule has 5 nitrogen and oxygen atoms in total. The number of hydrogen-bond donors (Lipinski definition) is 1. The van der Waals surface area contributed by atoms with Gasteiger partial charge in [-0.3, -0.25) is 4.79 Å². The van der Waals surface area contributed by atoms with E-state index < -0.39 is 0 Å². The number of amides is 1. The van der Waals surface area contributed by atoms with Crippen molar-refractivity contribution in [3.8, 4) is 0 Å². The van der Waals surface area contributed by atoms with Gasteiger partial charge in [0, 0.05) is 49.7 Å². The van der Waals surface area contributed by atoms with Crippen molar-refractivity contribution in [2.45, 2.75) is 39.2 Å². The van der Waals surface area contributed by atoms with E-state index in [0.29, 0.717) is 18.0 Å². The maximum absolute atomic E-state index is 12.2. The molecule has 128 valence electrons. The summed E-state index contributed by atoms with van der Waals surface area (Å²) in [6.07, 6.45) is 3.96. The average molecular weight is 327 g/mol. The zero-order chi connectivity index (χ0) is 16.9. The maximum atomic E-state index is 12.2. The predicted octanol–water partition coefficient (Wildman–Crippen LogP) is 2.82. The molecule has 0 saturated carbocycles. The van der Waals surface area contributed by atoms with Crippen molar-refractivity contribution in [2.24, 2.45) is 0 Å². The van der Waals surface area contributed by atoms with E-state index in [-0.39, 0.29) is 5.91 Å². The van der Waals surface area contributed by atoms with Crippen molar-refractivity contribution in [1.29, 1.82) is 0 Å². The molecule has 1 aliphatic rings. The smallest absolute Gasteiger partial charge is 0.251 e. The molecule has 0 unspecified atom stereocenters. The second-order valence-electron chi connectivity index (χ2n) is 6.42. The Morgan fingerprint density at radius 1 is 1.33 bits per heavy atom. The third-order valence-corrected chi connectivity index (χ3v) is 4.57. The molecule has 1 fully saturated rings. The van der Waals surface area contributed by atoms with Crippen LogP contribution in [0, 0.1) is 13.8 Å². The number of nitrogens with zero attached hydrogens (tertiary/aromatic N) is 2. The number of benzene rings is 1. The van der Waals surface area contributed by atoms with Gasteiger partial charge in [0.05, 0.1) is 0 Å². The fourth-order valence-corrected chi connectivity index (χ4v) is 3.22. The van der Waals surface area contributed by atoms with E-state index >= 15 is 0 Å². The lowest BCUT2D eigenvalue weighted by atomic mass is 9.99. The average Bonchev–Trinajstić information content (AvgIpc) is 2.96. The summed E-state index contributed by atoms with van der Waals surface area (Å²) in [5.74, 6) is 1.56. The molecule has 3 rings (SSSR count). The summed E-state index contributed by atoms with van der Waals surface area (Å²) in [6.45, 7) is 7.02. The lowest BCUT2D eigenvalue weighted by molar-refractivity contribution is 0.0827. The summed E-state index contributed by atoms with van der Waals surface area (Å²) in [5.41, 5.74) is 2.94. The van der Waals surface area contributed by atoms with Gasteiger partial charge >= 0.3 is 0 Å². The lowest BCUT2D eigenvalue weighted by Gasteiger charge is -2.23. The van der Waals surface area contributed by atoms with Gasteiger partial charge in [-0.05, 0) is 38.8 Å². The van der Waals surface area contributed by atoms with E-state index in [0.717, 1.165) is 49.7 Å². The Hall–Kier alpha value is -2.14. The number of ether oxygens (including phenoxy) is 1. The molecule has 0 aliphatic carbocycles. The van der Waals surface area contributed by atoms with Crippen LogP contribution in [0.5, 0.6) is 0 Å². The van der Waals surface area contributed by atoms with Crippen LogP contribution in [0.3, 0.4) is 0 Å². The van der Waals surface area contributed by atoms with E-state index in [2.05, 4.69) is 21.8 Å². The number of imidazole rings is 1. The summed E-state index contributed by atoms with van der Waals surface area (Å²) in [4.78, 5) is 16.8. The van der Waals surface area contributed by atoms with E-state index in [9.17, 15) is 4.79 Å². The van der Waals surface area contributed by atoms with Gasteiger partial charge in [0.15, 0.2) is 0 Å². The molecule has 0 spiro atoms. The molecule has 1 aromatic carbocycles. The molecule has 1 N–H and O–H groups in total. The van der Waals surface area contributed by atoms with Crippen LogP contribution >= 0.6 is 0 Å².